The molecule has 3 rings (SSSR count). The molecule has 0 spiro atoms. The predicted octanol–water partition coefficient (Wildman–Crippen LogP) is -0.151. The maximum Gasteiger partial charge on any atom is 0.267 e. The quantitative estimate of drug-likeness (QED) is 0.427. The highest BCUT2D eigenvalue weighted by Gasteiger charge is 2.13. The molecule has 0 radical (unpaired) electrons. The van der Waals surface area contributed by atoms with Crippen LogP contribution in [0.15, 0.2) is 41.7 Å². The molecule has 0 aliphatic rings. The van der Waals surface area contributed by atoms with Gasteiger partial charge in [0.15, 0.2) is 0 Å². The molecule has 124 valence electrons. The minimum Gasteiger partial charge on any atom is -0.394 e. The third kappa shape index (κ3) is 3.58. The summed E-state index contributed by atoms with van der Waals surface area (Å²) in [5, 5.41) is 15.9. The normalized spacial score (nSPS) is 12.0. The SMILES string of the molecule is O=C(NC[C@H](CO)Nc1cc(=O)[nH]cn1)c1cc2cnccc2[nH]1. The molecule has 0 aliphatic heterocycles. The summed E-state index contributed by atoms with van der Waals surface area (Å²) in [5.74, 6) is 0.0223. The smallest absolute Gasteiger partial charge is 0.267 e. The number of hydrogen-bond donors (Lipinski definition) is 5. The third-order valence-electron chi connectivity index (χ3n) is 3.43. The molecule has 0 bridgehead atoms. The van der Waals surface area contributed by atoms with E-state index in [1.54, 1.807) is 24.5 Å². The van der Waals surface area contributed by atoms with Crippen molar-refractivity contribution >= 4 is 22.6 Å². The second kappa shape index (κ2) is 6.92. The molecule has 24 heavy (non-hydrogen) atoms. The fraction of sp³-hybridized carbons (Fsp3) is 0.200. The molecule has 1 amide bonds. The number of anilines is 1. The first-order chi connectivity index (χ1) is 11.7. The molecule has 9 heteroatoms. The number of fused-ring (bicyclic) bond motifs is 1. The van der Waals surface area contributed by atoms with Crippen LogP contribution >= 0.6 is 0 Å². The number of carbonyl (C=O) groups excluding carboxylic acids is 1. The van der Waals surface area contributed by atoms with Crippen molar-refractivity contribution < 1.29 is 9.90 Å². The lowest BCUT2D eigenvalue weighted by molar-refractivity contribution is 0.0945. The van der Waals surface area contributed by atoms with Crippen LogP contribution in [0.5, 0.6) is 0 Å². The van der Waals surface area contributed by atoms with Gasteiger partial charge >= 0.3 is 0 Å². The molecule has 3 aromatic rings. The van der Waals surface area contributed by atoms with E-state index in [0.29, 0.717) is 11.5 Å². The number of nitrogens with zero attached hydrogens (tertiary/aromatic N) is 2. The lowest BCUT2D eigenvalue weighted by Gasteiger charge is -2.17. The van der Waals surface area contributed by atoms with Crippen LogP contribution < -0.4 is 16.2 Å². The predicted molar refractivity (Wildman–Crippen MR) is 87.8 cm³/mol. The van der Waals surface area contributed by atoms with Crippen molar-refractivity contribution in [2.75, 3.05) is 18.5 Å². The van der Waals surface area contributed by atoms with Gasteiger partial charge in [-0.3, -0.25) is 14.6 Å². The number of carbonyl (C=O) groups is 1. The number of H-pyrrole nitrogens is 2. The molecule has 0 fully saturated rings. The van der Waals surface area contributed by atoms with Gasteiger partial charge in [-0.15, -0.1) is 0 Å². The van der Waals surface area contributed by atoms with Crippen molar-refractivity contribution in [3.63, 3.8) is 0 Å². The molecular formula is C15H16N6O3. The fourth-order valence-electron chi connectivity index (χ4n) is 2.22. The first-order valence-corrected chi connectivity index (χ1v) is 7.29. The van der Waals surface area contributed by atoms with Gasteiger partial charge in [0.2, 0.25) is 0 Å². The molecule has 5 N–H and O–H groups in total. The highest BCUT2D eigenvalue weighted by Crippen LogP contribution is 2.13. The lowest BCUT2D eigenvalue weighted by atomic mass is 10.3. The number of amides is 1. The van der Waals surface area contributed by atoms with Crippen LogP contribution in [0, 0.1) is 0 Å². The second-order valence-corrected chi connectivity index (χ2v) is 5.18. The number of pyridine rings is 1. The van der Waals surface area contributed by atoms with Crippen molar-refractivity contribution in [3.8, 4) is 0 Å². The van der Waals surface area contributed by atoms with Crippen LogP contribution in [-0.4, -0.2) is 50.1 Å². The Balaban J connectivity index is 1.62. The van der Waals surface area contributed by atoms with Crippen molar-refractivity contribution in [2.24, 2.45) is 0 Å². The number of nitrogens with one attached hydrogen (secondary N) is 4. The van der Waals surface area contributed by atoms with Gasteiger partial charge in [-0.05, 0) is 12.1 Å². The molecule has 0 saturated heterocycles. The third-order valence-corrected chi connectivity index (χ3v) is 3.43. The number of aromatic amines is 2. The van der Waals surface area contributed by atoms with E-state index in [1.165, 1.54) is 12.4 Å². The van der Waals surface area contributed by atoms with Gasteiger partial charge in [0.05, 0.1) is 19.0 Å². The topological polar surface area (TPSA) is 136 Å². The number of aliphatic hydroxyl groups is 1. The minimum absolute atomic E-state index is 0.164. The van der Waals surface area contributed by atoms with Crippen LogP contribution in [0.3, 0.4) is 0 Å². The van der Waals surface area contributed by atoms with E-state index in [9.17, 15) is 14.7 Å². The first-order valence-electron chi connectivity index (χ1n) is 7.29. The zero-order valence-corrected chi connectivity index (χ0v) is 12.6. The summed E-state index contributed by atoms with van der Waals surface area (Å²) < 4.78 is 0. The van der Waals surface area contributed by atoms with Gasteiger partial charge in [0.1, 0.15) is 11.5 Å². The van der Waals surface area contributed by atoms with Crippen LogP contribution in [0.4, 0.5) is 5.82 Å². The van der Waals surface area contributed by atoms with Gasteiger partial charge in [-0.2, -0.15) is 0 Å². The molecular weight excluding hydrogens is 312 g/mol. The summed E-state index contributed by atoms with van der Waals surface area (Å²) in [6.45, 7) is -0.0667. The van der Waals surface area contributed by atoms with E-state index in [-0.39, 0.29) is 24.6 Å². The average Bonchev–Trinajstić information content (AvgIpc) is 3.02. The number of rotatable bonds is 6. The Labute approximate surface area is 136 Å². The van der Waals surface area contributed by atoms with E-state index in [2.05, 4.69) is 30.6 Å². The van der Waals surface area contributed by atoms with Crippen LogP contribution in [0.2, 0.25) is 0 Å². The second-order valence-electron chi connectivity index (χ2n) is 5.18. The molecule has 0 saturated carbocycles. The summed E-state index contributed by atoms with van der Waals surface area (Å²) >= 11 is 0. The summed E-state index contributed by atoms with van der Waals surface area (Å²) in [6, 6.07) is 4.28. The van der Waals surface area contributed by atoms with Gasteiger partial charge in [-0.1, -0.05) is 0 Å². The van der Waals surface area contributed by atoms with Crippen molar-refractivity contribution in [1.82, 2.24) is 25.3 Å². The average molecular weight is 328 g/mol. The highest BCUT2D eigenvalue weighted by molar-refractivity contribution is 5.97. The largest absolute Gasteiger partial charge is 0.394 e. The Morgan fingerprint density at radius 1 is 1.38 bits per heavy atom. The lowest BCUT2D eigenvalue weighted by Crippen LogP contribution is -2.39. The molecule has 0 aliphatic carbocycles. The van der Waals surface area contributed by atoms with E-state index in [1.807, 2.05) is 0 Å². The Bertz CT molecular complexity index is 870. The Morgan fingerprint density at radius 3 is 3.00 bits per heavy atom. The van der Waals surface area contributed by atoms with E-state index in [4.69, 9.17) is 0 Å². The summed E-state index contributed by atoms with van der Waals surface area (Å²) in [7, 11) is 0. The van der Waals surface area contributed by atoms with Gasteiger partial charge < -0.3 is 25.7 Å². The minimum atomic E-state index is -0.478. The van der Waals surface area contributed by atoms with E-state index < -0.39 is 6.04 Å². The maximum absolute atomic E-state index is 12.2. The van der Waals surface area contributed by atoms with Crippen LogP contribution in [0.1, 0.15) is 10.5 Å². The number of aromatic nitrogens is 4. The zero-order chi connectivity index (χ0) is 16.9. The maximum atomic E-state index is 12.2. The monoisotopic (exact) mass is 328 g/mol. The standard InChI is InChI=1S/C15H16N6O3/c22-7-10(20-13-4-14(23)19-8-18-13)6-17-15(24)12-3-9-5-16-2-1-11(9)21-12/h1-5,8,10,21-22H,6-7H2,(H,17,24)(H2,18,19,20,23)/t10-/m1/s1. The molecule has 3 heterocycles. The van der Waals surface area contributed by atoms with Crippen molar-refractivity contribution in [1.29, 1.82) is 0 Å². The van der Waals surface area contributed by atoms with Gasteiger partial charge in [-0.25, -0.2) is 4.98 Å². The number of hydrogen-bond acceptors (Lipinski definition) is 6. The Morgan fingerprint density at radius 2 is 2.25 bits per heavy atom. The van der Waals surface area contributed by atoms with Crippen LogP contribution in [-0.2, 0) is 0 Å². The van der Waals surface area contributed by atoms with Crippen molar-refractivity contribution in [3.05, 3.63) is 53.0 Å². The highest BCUT2D eigenvalue weighted by atomic mass is 16.3. The van der Waals surface area contributed by atoms with E-state index >= 15 is 0 Å². The summed E-state index contributed by atoms with van der Waals surface area (Å²) in [4.78, 5) is 36.8. The zero-order valence-electron chi connectivity index (χ0n) is 12.6. The Hall–Kier alpha value is -3.20. The number of aliphatic hydroxyl groups excluding tert-OH is 1. The molecule has 3 aromatic heterocycles. The fourth-order valence-corrected chi connectivity index (χ4v) is 2.22. The summed E-state index contributed by atoms with van der Waals surface area (Å²) in [6.07, 6.45) is 4.57. The van der Waals surface area contributed by atoms with Crippen LogP contribution in [0.25, 0.3) is 10.9 Å². The van der Waals surface area contributed by atoms with Gasteiger partial charge in [0.25, 0.3) is 11.5 Å². The first kappa shape index (κ1) is 15.7. The molecule has 0 unspecified atom stereocenters. The molecule has 9 nitrogen and oxygen atoms in total. The molecule has 1 atom stereocenters. The molecule has 0 aromatic carbocycles. The summed E-state index contributed by atoms with van der Waals surface area (Å²) in [5.41, 5.74) is 0.920. The van der Waals surface area contributed by atoms with E-state index in [0.717, 1.165) is 10.9 Å². The van der Waals surface area contributed by atoms with Gasteiger partial charge in [0, 0.05) is 35.9 Å². The van der Waals surface area contributed by atoms with Crippen molar-refractivity contribution in [2.45, 2.75) is 6.04 Å². The Kier molecular flexibility index (Phi) is 4.52.